The van der Waals surface area contributed by atoms with E-state index in [1.807, 2.05) is 85.0 Å². The van der Waals surface area contributed by atoms with Crippen LogP contribution in [0.3, 0.4) is 0 Å². The van der Waals surface area contributed by atoms with Gasteiger partial charge in [0.25, 0.3) is 11.8 Å². The van der Waals surface area contributed by atoms with Crippen LogP contribution in [0.1, 0.15) is 87.1 Å². The molecule has 8 rings (SSSR count). The molecule has 12 heteroatoms. The van der Waals surface area contributed by atoms with E-state index in [2.05, 4.69) is 12.1 Å². The molecule has 60 heavy (non-hydrogen) atoms. The van der Waals surface area contributed by atoms with Crippen molar-refractivity contribution in [3.05, 3.63) is 138 Å². The number of benzene rings is 4. The van der Waals surface area contributed by atoms with Gasteiger partial charge >= 0.3 is 0 Å². The predicted octanol–water partition coefficient (Wildman–Crippen LogP) is 8.47. The molecule has 2 atom stereocenters. The zero-order valence-corrected chi connectivity index (χ0v) is 41.2. The van der Waals surface area contributed by atoms with E-state index in [0.717, 1.165) is 64.0 Å². The number of Topliss-reactive ketones (excluding diaryl/α,β-unsaturated/α-hetero) is 1. The fraction of sp³-hybridized carbons (Fsp3) is 0.292. The zero-order valence-electron chi connectivity index (χ0n) is 34.1. The van der Waals surface area contributed by atoms with Crippen LogP contribution in [-0.4, -0.2) is 72.3 Å². The second kappa shape index (κ2) is 20.8. The average Bonchev–Trinajstić information content (AvgIpc) is 3.81. The summed E-state index contributed by atoms with van der Waals surface area (Å²) in [5, 5.41) is 0. The minimum absolute atomic E-state index is 0. The minimum atomic E-state index is -0.162. The van der Waals surface area contributed by atoms with E-state index in [4.69, 9.17) is 19.2 Å². The van der Waals surface area contributed by atoms with Gasteiger partial charge in [-0.25, -0.2) is 0 Å². The van der Waals surface area contributed by atoms with Gasteiger partial charge in [-0.05, 0) is 89.8 Å². The van der Waals surface area contributed by atoms with E-state index < -0.39 is 0 Å². The molecule has 4 aromatic rings. The molecule has 4 aliphatic heterocycles. The van der Waals surface area contributed by atoms with Gasteiger partial charge in [-0.2, -0.15) is 0 Å². The SMILES string of the molecule is COc1cc2c(cc1OCCCOc1cc3c(cc1C)C(=O)N1C=C(c4ccc(CC(=O)CC[C-]=O)cc4)C[C@H]1CC3)N=C[C@@H]1CC(c3ccccc3)=CN1C2=O.[CH3-].[U].[W]. The molecule has 0 aliphatic carbocycles. The van der Waals surface area contributed by atoms with Crippen LogP contribution in [0.15, 0.2) is 96.3 Å². The van der Waals surface area contributed by atoms with E-state index in [-0.39, 0.29) is 102 Å². The van der Waals surface area contributed by atoms with Crippen molar-refractivity contribution in [3.8, 4) is 17.2 Å². The largest absolute Gasteiger partial charge is 0.542 e. The normalized spacial score (nSPS) is 17.2. The van der Waals surface area contributed by atoms with Crippen LogP contribution in [0.5, 0.6) is 17.2 Å². The summed E-state index contributed by atoms with van der Waals surface area (Å²) in [6.07, 6.45) is 11.8. The number of fused-ring (bicyclic) bond motifs is 4. The van der Waals surface area contributed by atoms with Gasteiger partial charge in [-0.3, -0.25) is 25.7 Å². The van der Waals surface area contributed by atoms with Gasteiger partial charge in [0.05, 0.1) is 37.6 Å². The summed E-state index contributed by atoms with van der Waals surface area (Å²) in [4.78, 5) is 58.5. The first-order valence-electron chi connectivity index (χ1n) is 19.5. The molecule has 0 radical (unpaired) electrons. The molecule has 10 nitrogen and oxygen atoms in total. The molecule has 0 spiro atoms. The first kappa shape index (κ1) is 46.5. The van der Waals surface area contributed by atoms with Crippen LogP contribution < -0.4 is 14.2 Å². The maximum atomic E-state index is 13.9. The monoisotopic (exact) mass is 1200 g/mol. The van der Waals surface area contributed by atoms with Crippen LogP contribution >= 0.6 is 0 Å². The van der Waals surface area contributed by atoms with Crippen LogP contribution in [0.4, 0.5) is 5.69 Å². The number of carbonyl (C=O) groups is 3. The summed E-state index contributed by atoms with van der Waals surface area (Å²) in [6, 6.07) is 25.3. The van der Waals surface area contributed by atoms with Crippen molar-refractivity contribution in [1.82, 2.24) is 9.80 Å². The molecule has 2 amide bonds. The van der Waals surface area contributed by atoms with E-state index >= 15 is 0 Å². The van der Waals surface area contributed by atoms with Gasteiger partial charge in [0.1, 0.15) is 11.5 Å². The number of hydrogen-bond acceptors (Lipinski definition) is 8. The third kappa shape index (κ3) is 9.97. The Hall–Kier alpha value is -4.55. The fourth-order valence-corrected chi connectivity index (χ4v) is 8.08. The topological polar surface area (TPSA) is 115 Å². The van der Waals surface area contributed by atoms with Crippen molar-refractivity contribution in [1.29, 1.82) is 0 Å². The molecule has 4 aromatic carbocycles. The molecule has 0 aromatic heterocycles. The first-order valence-corrected chi connectivity index (χ1v) is 19.5. The standard InChI is InChI=1S/C47H44N3O7.CH3.U.W/c1-30-20-40-34(15-16-37-22-35(28-49(37)46(40)53)33-13-11-31(12-14-33)21-39(52)10-6-17-51)24-43(30)56-18-7-19-57-45-26-42-41(25-44(45)55-2)47(54)50-29-36(23-38(50)27-48-42)32-8-4-3-5-9-32;;;/h3-5,8-9,11-14,20,24-29,37-38H,6-7,10,15-16,18-19,21-23H2,1-2H3;1H3;;/q2*-1;;/t37-,38+;;;/m1.../s1. The molecule has 0 unspecified atom stereocenters. The molecule has 0 bridgehead atoms. The van der Waals surface area contributed by atoms with Gasteiger partial charge in [0, 0.05) is 108 Å². The van der Waals surface area contributed by atoms with Crippen molar-refractivity contribution >= 4 is 46.9 Å². The van der Waals surface area contributed by atoms with E-state index in [9.17, 15) is 19.2 Å². The molecule has 308 valence electrons. The molecular formula is C48H47N3O7UW-2. The van der Waals surface area contributed by atoms with Crippen LogP contribution in [0, 0.1) is 45.5 Å². The predicted molar refractivity (Wildman–Crippen MR) is 224 cm³/mol. The van der Waals surface area contributed by atoms with Crippen LogP contribution in [-0.2, 0) is 43.5 Å². The number of methoxy groups -OCH3 is 1. The van der Waals surface area contributed by atoms with Gasteiger partial charge < -0.3 is 36.2 Å². The molecule has 4 heterocycles. The molecule has 4 aliphatic rings. The number of aliphatic imine (C=N–C) groups is 1. The van der Waals surface area contributed by atoms with Crippen molar-refractivity contribution in [2.75, 3.05) is 20.3 Å². The number of carbonyl (C=O) groups excluding carboxylic acids is 4. The van der Waals surface area contributed by atoms with Gasteiger partial charge in [-0.1, -0.05) is 54.6 Å². The molecule has 0 fully saturated rings. The number of ether oxygens (including phenoxy) is 3. The Bertz CT molecular complexity index is 2330. The summed E-state index contributed by atoms with van der Waals surface area (Å²) in [7, 11) is 1.56. The fourth-order valence-electron chi connectivity index (χ4n) is 8.08. The summed E-state index contributed by atoms with van der Waals surface area (Å²) >= 11 is 0. The molecule has 0 N–H and O–H groups in total. The third-order valence-corrected chi connectivity index (χ3v) is 11.2. The maximum Gasteiger partial charge on any atom is 0.260 e. The number of amides is 2. The average molecular weight is 1200 g/mol. The Morgan fingerprint density at radius 3 is 2.25 bits per heavy atom. The Morgan fingerprint density at radius 1 is 0.833 bits per heavy atom. The number of hydrogen-bond donors (Lipinski definition) is 0. The van der Waals surface area contributed by atoms with Crippen molar-refractivity contribution in [3.63, 3.8) is 0 Å². The Kier molecular flexibility index (Phi) is 16.1. The summed E-state index contributed by atoms with van der Waals surface area (Å²) in [6.45, 7) is 2.73. The van der Waals surface area contributed by atoms with Gasteiger partial charge in [-0.15, -0.1) is 6.42 Å². The third-order valence-electron chi connectivity index (χ3n) is 11.2. The number of nitrogens with zero attached hydrogens (tertiary/aromatic N) is 3. The van der Waals surface area contributed by atoms with Crippen LogP contribution in [0.2, 0.25) is 0 Å². The van der Waals surface area contributed by atoms with E-state index in [1.54, 1.807) is 30.4 Å². The summed E-state index contributed by atoms with van der Waals surface area (Å²) in [5.74, 6) is 1.61. The van der Waals surface area contributed by atoms with Crippen molar-refractivity contribution in [2.24, 2.45) is 4.99 Å². The second-order valence-corrected chi connectivity index (χ2v) is 14.9. The molecule has 0 saturated heterocycles. The first-order chi connectivity index (χ1) is 27.8. The minimum Gasteiger partial charge on any atom is -0.542 e. The van der Waals surface area contributed by atoms with Gasteiger partial charge in [0.2, 0.25) is 0 Å². The number of ketones is 1. The smallest absolute Gasteiger partial charge is 0.260 e. The molecular weight excluding hydrogens is 1150 g/mol. The Balaban J connectivity index is 0.00000228. The Labute approximate surface area is 390 Å². The number of rotatable bonds is 14. The summed E-state index contributed by atoms with van der Waals surface area (Å²) in [5.41, 5.74) is 8.83. The maximum absolute atomic E-state index is 13.9. The van der Waals surface area contributed by atoms with E-state index in [0.29, 0.717) is 60.8 Å². The second-order valence-electron chi connectivity index (χ2n) is 14.9. The van der Waals surface area contributed by atoms with Crippen molar-refractivity contribution in [2.45, 2.75) is 70.4 Å². The van der Waals surface area contributed by atoms with Gasteiger partial charge in [0.15, 0.2) is 11.5 Å². The zero-order chi connectivity index (χ0) is 39.5. The van der Waals surface area contributed by atoms with E-state index in [1.165, 1.54) is 0 Å². The molecule has 0 saturated carbocycles. The Morgan fingerprint density at radius 2 is 1.52 bits per heavy atom. The quantitative estimate of drug-likeness (QED) is 0.0920. The van der Waals surface area contributed by atoms with Crippen molar-refractivity contribution < 1.29 is 85.6 Å². The number of aryl methyl sites for hydroxylation is 2. The summed E-state index contributed by atoms with van der Waals surface area (Å²) < 4.78 is 18.0. The van der Waals surface area contributed by atoms with Crippen LogP contribution in [0.25, 0.3) is 11.1 Å².